The number of ether oxygens (including phenoxy) is 2. The van der Waals surface area contributed by atoms with E-state index in [1.807, 2.05) is 30.3 Å². The van der Waals surface area contributed by atoms with Crippen molar-refractivity contribution in [3.63, 3.8) is 0 Å². The molecule has 2 aliphatic heterocycles. The van der Waals surface area contributed by atoms with E-state index in [1.54, 1.807) is 0 Å². The van der Waals surface area contributed by atoms with E-state index in [4.69, 9.17) is 9.47 Å². The van der Waals surface area contributed by atoms with Crippen LogP contribution in [0.15, 0.2) is 59.9 Å². The molecule has 158 valence electrons. The highest BCUT2D eigenvalue weighted by Gasteiger charge is 2.58. The number of fused-ring (bicyclic) bond motifs is 6. The Bertz CT molecular complexity index is 1190. The van der Waals surface area contributed by atoms with Gasteiger partial charge in [-0.1, -0.05) is 24.3 Å². The molecule has 2 N–H and O–H groups in total. The zero-order chi connectivity index (χ0) is 21.8. The summed E-state index contributed by atoms with van der Waals surface area (Å²) in [6.07, 6.45) is 4.22. The maximum Gasteiger partial charge on any atom is 0.339 e. The number of aryl methyl sites for hydroxylation is 1. The maximum absolute atomic E-state index is 13.0. The van der Waals surface area contributed by atoms with Gasteiger partial charge in [0.2, 0.25) is 5.71 Å². The normalized spacial score (nSPS) is 24.6. The summed E-state index contributed by atoms with van der Waals surface area (Å²) in [5, 5.41) is 3.40. The number of carbonyl (C=O) groups excluding carboxylic acids is 1. The summed E-state index contributed by atoms with van der Waals surface area (Å²) in [6, 6.07) is 11.8. The van der Waals surface area contributed by atoms with Gasteiger partial charge < -0.3 is 14.8 Å². The van der Waals surface area contributed by atoms with Crippen molar-refractivity contribution < 1.29 is 19.3 Å². The second kappa shape index (κ2) is 7.12. The molecule has 1 spiro atoms. The van der Waals surface area contributed by atoms with Gasteiger partial charge in [0, 0.05) is 41.1 Å². The number of nitrogens with one attached hydrogen (secondary N) is 2. The molecule has 0 radical (unpaired) electrons. The van der Waals surface area contributed by atoms with Crippen molar-refractivity contribution in [1.29, 1.82) is 0 Å². The standard InChI is InChI=1S/C26H26N2O3/c1-5-27-21-13-23-19(11-15(21)3)26(18-10-8-7-9-17(18)25(29)31-26)20-12-16(4)22(28-6-2)14-24(20)30-23/h7-14,19,28H,5-6H2,1-4H3/p+1. The topological polar surface area (TPSA) is 61.5 Å². The van der Waals surface area contributed by atoms with Crippen molar-refractivity contribution in [1.82, 2.24) is 0 Å². The summed E-state index contributed by atoms with van der Waals surface area (Å²) in [4.78, 5) is 16.4. The van der Waals surface area contributed by atoms with Crippen LogP contribution in [0.25, 0.3) is 0 Å². The molecule has 2 unspecified atom stereocenters. The van der Waals surface area contributed by atoms with Crippen LogP contribution in [0.2, 0.25) is 0 Å². The predicted molar refractivity (Wildman–Crippen MR) is 120 cm³/mol. The van der Waals surface area contributed by atoms with E-state index in [2.05, 4.69) is 56.2 Å². The lowest BCUT2D eigenvalue weighted by Gasteiger charge is -2.42. The van der Waals surface area contributed by atoms with E-state index < -0.39 is 5.60 Å². The van der Waals surface area contributed by atoms with Gasteiger partial charge in [0.25, 0.3) is 0 Å². The Labute approximate surface area is 182 Å². The number of benzene rings is 2. The fourth-order valence-corrected chi connectivity index (χ4v) is 4.97. The van der Waals surface area contributed by atoms with E-state index in [9.17, 15) is 4.79 Å². The van der Waals surface area contributed by atoms with Crippen LogP contribution in [0.4, 0.5) is 5.69 Å². The molecule has 3 aliphatic rings. The lowest BCUT2D eigenvalue weighted by atomic mass is 9.70. The summed E-state index contributed by atoms with van der Waals surface area (Å²) >= 11 is 0. The molecule has 0 aromatic heterocycles. The molecule has 0 saturated carbocycles. The number of hydrogen-bond donors (Lipinski definition) is 2. The third-order valence-electron chi connectivity index (χ3n) is 6.36. The molecular formula is C26H27N2O3+. The molecule has 0 saturated heterocycles. The van der Waals surface area contributed by atoms with Crippen LogP contribution in [-0.2, 0) is 10.3 Å². The van der Waals surface area contributed by atoms with E-state index in [-0.39, 0.29) is 11.9 Å². The van der Waals surface area contributed by atoms with E-state index in [0.717, 1.165) is 58.3 Å². The monoisotopic (exact) mass is 415 g/mol. The minimum atomic E-state index is -0.943. The Hall–Kier alpha value is -3.34. The number of hydrogen-bond acceptors (Lipinski definition) is 4. The van der Waals surface area contributed by atoms with Gasteiger partial charge in [-0.25, -0.2) is 9.79 Å². The lowest BCUT2D eigenvalue weighted by molar-refractivity contribution is -0.451. The van der Waals surface area contributed by atoms with Crippen LogP contribution in [0.3, 0.4) is 0 Å². The Balaban J connectivity index is 1.81. The summed E-state index contributed by atoms with van der Waals surface area (Å²) < 4.78 is 12.8. The van der Waals surface area contributed by atoms with Gasteiger partial charge in [-0.15, -0.1) is 0 Å². The molecule has 5 heteroatoms. The van der Waals surface area contributed by atoms with E-state index in [1.165, 1.54) is 0 Å². The molecular weight excluding hydrogens is 388 g/mol. The van der Waals surface area contributed by atoms with E-state index >= 15 is 0 Å². The first-order valence-corrected chi connectivity index (χ1v) is 10.9. The van der Waals surface area contributed by atoms with Crippen molar-refractivity contribution in [3.05, 3.63) is 82.1 Å². The Kier molecular flexibility index (Phi) is 4.50. The summed E-state index contributed by atoms with van der Waals surface area (Å²) in [5.41, 5.74) is 5.72. The third kappa shape index (κ3) is 2.76. The van der Waals surface area contributed by atoms with Gasteiger partial charge in [-0.05, 0) is 45.4 Å². The molecule has 2 aromatic carbocycles. The average Bonchev–Trinajstić information content (AvgIpc) is 3.05. The quantitative estimate of drug-likeness (QED) is 0.756. The predicted octanol–water partition coefficient (Wildman–Crippen LogP) is 3.23. The summed E-state index contributed by atoms with van der Waals surface area (Å²) in [7, 11) is 0. The van der Waals surface area contributed by atoms with Gasteiger partial charge in [0.1, 0.15) is 18.1 Å². The fraction of sp³-hybridized carbons (Fsp3) is 0.308. The maximum atomic E-state index is 13.0. The number of anilines is 1. The molecule has 0 bridgehead atoms. The smallest absolute Gasteiger partial charge is 0.339 e. The number of rotatable bonds is 3. The molecule has 2 atom stereocenters. The van der Waals surface area contributed by atoms with Crippen molar-refractivity contribution in [3.8, 4) is 5.75 Å². The Morgan fingerprint density at radius 2 is 1.94 bits per heavy atom. The second-order valence-corrected chi connectivity index (χ2v) is 8.28. The average molecular weight is 416 g/mol. The first kappa shape index (κ1) is 19.6. The first-order chi connectivity index (χ1) is 15.0. The minimum Gasteiger partial charge on any atom is -0.460 e. The van der Waals surface area contributed by atoms with Crippen LogP contribution >= 0.6 is 0 Å². The SMILES string of the molecule is CCNc1cc2c(cc1C)C1(OC(=O)c3ccccc31)C1C=C(C)C(=[NH+]CC)C=C1O2. The number of esters is 1. The van der Waals surface area contributed by atoms with Crippen molar-refractivity contribution >= 4 is 17.4 Å². The largest absolute Gasteiger partial charge is 0.460 e. The Morgan fingerprint density at radius 3 is 2.71 bits per heavy atom. The first-order valence-electron chi connectivity index (χ1n) is 10.9. The number of carbonyl (C=O) groups is 1. The van der Waals surface area contributed by atoms with Crippen molar-refractivity contribution in [2.24, 2.45) is 5.92 Å². The van der Waals surface area contributed by atoms with Crippen LogP contribution in [0.5, 0.6) is 5.75 Å². The number of allylic oxidation sites excluding steroid dienone is 2. The minimum absolute atomic E-state index is 0.237. The van der Waals surface area contributed by atoms with Gasteiger partial charge in [-0.3, -0.25) is 0 Å². The fourth-order valence-electron chi connectivity index (χ4n) is 4.97. The van der Waals surface area contributed by atoms with Crippen molar-refractivity contribution in [2.75, 3.05) is 18.4 Å². The van der Waals surface area contributed by atoms with Gasteiger partial charge >= 0.3 is 5.97 Å². The molecule has 2 heterocycles. The van der Waals surface area contributed by atoms with Gasteiger partial charge in [0.15, 0.2) is 5.60 Å². The van der Waals surface area contributed by atoms with Crippen LogP contribution in [-0.4, -0.2) is 24.8 Å². The van der Waals surface area contributed by atoms with Crippen molar-refractivity contribution in [2.45, 2.75) is 33.3 Å². The van der Waals surface area contributed by atoms with Crippen LogP contribution in [0.1, 0.15) is 47.8 Å². The molecule has 1 aliphatic carbocycles. The molecule has 31 heavy (non-hydrogen) atoms. The zero-order valence-corrected chi connectivity index (χ0v) is 18.3. The highest BCUT2D eigenvalue weighted by molar-refractivity contribution is 6.05. The molecule has 0 amide bonds. The van der Waals surface area contributed by atoms with Gasteiger partial charge in [-0.2, -0.15) is 0 Å². The highest BCUT2D eigenvalue weighted by Crippen LogP contribution is 2.57. The third-order valence-corrected chi connectivity index (χ3v) is 6.36. The second-order valence-electron chi connectivity index (χ2n) is 8.28. The molecule has 5 nitrogen and oxygen atoms in total. The Morgan fingerprint density at radius 1 is 1.13 bits per heavy atom. The summed E-state index contributed by atoms with van der Waals surface area (Å²) in [6.45, 7) is 9.92. The van der Waals surface area contributed by atoms with Crippen LogP contribution in [0, 0.1) is 12.8 Å². The highest BCUT2D eigenvalue weighted by atomic mass is 16.6. The molecule has 2 aromatic rings. The lowest BCUT2D eigenvalue weighted by Crippen LogP contribution is -2.72. The summed E-state index contributed by atoms with van der Waals surface area (Å²) in [5.74, 6) is 0.977. The molecule has 5 rings (SSSR count). The van der Waals surface area contributed by atoms with Crippen LogP contribution < -0.4 is 15.0 Å². The van der Waals surface area contributed by atoms with E-state index in [0.29, 0.717) is 5.56 Å². The van der Waals surface area contributed by atoms with Gasteiger partial charge in [0.05, 0.1) is 11.5 Å². The zero-order valence-electron chi connectivity index (χ0n) is 18.3. The molecule has 0 fully saturated rings.